The van der Waals surface area contributed by atoms with Gasteiger partial charge in [-0.3, -0.25) is 0 Å². The van der Waals surface area contributed by atoms with Gasteiger partial charge in [-0.25, -0.2) is 4.98 Å². The van der Waals surface area contributed by atoms with Crippen LogP contribution in [-0.4, -0.2) is 17.3 Å². The Morgan fingerprint density at radius 2 is 2.22 bits per heavy atom. The Hall–Kier alpha value is -0.0600. The van der Waals surface area contributed by atoms with E-state index in [9.17, 15) is 0 Å². The molecule has 1 saturated heterocycles. The van der Waals surface area contributed by atoms with Crippen LogP contribution < -0.4 is 5.32 Å². The molecular formula is C14H24N2S2. The summed E-state index contributed by atoms with van der Waals surface area (Å²) in [7, 11) is 0. The Kier molecular flexibility index (Phi) is 5.52. The van der Waals surface area contributed by atoms with E-state index < -0.39 is 0 Å². The number of hydrogen-bond acceptors (Lipinski definition) is 4. The number of thioether (sulfide) groups is 1. The quantitative estimate of drug-likeness (QED) is 0.871. The molecular weight excluding hydrogens is 260 g/mol. The second-order valence-corrected chi connectivity index (χ2v) is 7.58. The molecule has 102 valence electrons. The van der Waals surface area contributed by atoms with Crippen LogP contribution in [0.4, 0.5) is 0 Å². The van der Waals surface area contributed by atoms with Crippen molar-refractivity contribution in [2.45, 2.75) is 57.7 Å². The van der Waals surface area contributed by atoms with E-state index in [0.29, 0.717) is 11.2 Å². The summed E-state index contributed by atoms with van der Waals surface area (Å²) in [6.07, 6.45) is 4.07. The molecule has 2 nitrogen and oxygen atoms in total. The van der Waals surface area contributed by atoms with Gasteiger partial charge in [-0.15, -0.1) is 11.3 Å². The number of aromatic nitrogens is 1. The molecule has 0 saturated carbocycles. The Balaban J connectivity index is 2.15. The molecule has 1 aliphatic heterocycles. The third-order valence-electron chi connectivity index (χ3n) is 3.28. The van der Waals surface area contributed by atoms with Crippen molar-refractivity contribution in [3.63, 3.8) is 0 Å². The van der Waals surface area contributed by atoms with Crippen LogP contribution in [-0.2, 0) is 6.54 Å². The topological polar surface area (TPSA) is 24.9 Å². The van der Waals surface area contributed by atoms with Crippen molar-refractivity contribution in [1.29, 1.82) is 0 Å². The minimum absolute atomic E-state index is 0.539. The highest BCUT2D eigenvalue weighted by molar-refractivity contribution is 7.99. The minimum Gasteiger partial charge on any atom is -0.312 e. The van der Waals surface area contributed by atoms with Gasteiger partial charge >= 0.3 is 0 Å². The molecule has 1 fully saturated rings. The van der Waals surface area contributed by atoms with Gasteiger partial charge in [-0.2, -0.15) is 11.8 Å². The van der Waals surface area contributed by atoms with Crippen LogP contribution in [0.5, 0.6) is 0 Å². The van der Waals surface area contributed by atoms with Gasteiger partial charge in [0.25, 0.3) is 0 Å². The largest absolute Gasteiger partial charge is 0.312 e. The van der Waals surface area contributed by atoms with E-state index in [2.05, 4.69) is 37.8 Å². The zero-order valence-corrected chi connectivity index (χ0v) is 13.3. The maximum Gasteiger partial charge on any atom is 0.106 e. The lowest BCUT2D eigenvalue weighted by molar-refractivity contribution is 0.678. The van der Waals surface area contributed by atoms with E-state index in [-0.39, 0.29) is 0 Å². The molecule has 4 heteroatoms. The highest BCUT2D eigenvalue weighted by atomic mass is 32.2. The van der Waals surface area contributed by atoms with Crippen molar-refractivity contribution in [1.82, 2.24) is 10.3 Å². The molecule has 1 aromatic rings. The number of nitrogens with one attached hydrogen (secondary N) is 1. The Labute approximate surface area is 119 Å². The van der Waals surface area contributed by atoms with Crippen molar-refractivity contribution >= 4 is 23.1 Å². The maximum absolute atomic E-state index is 4.94. The van der Waals surface area contributed by atoms with Gasteiger partial charge in [-0.05, 0) is 31.1 Å². The summed E-state index contributed by atoms with van der Waals surface area (Å²) in [5.41, 5.74) is 1.32. The molecule has 0 amide bonds. The zero-order valence-electron chi connectivity index (χ0n) is 11.7. The van der Waals surface area contributed by atoms with Gasteiger partial charge in [0.15, 0.2) is 0 Å². The summed E-state index contributed by atoms with van der Waals surface area (Å²) >= 11 is 4.04. The fourth-order valence-corrected chi connectivity index (χ4v) is 5.01. The first-order valence-corrected chi connectivity index (χ1v) is 8.90. The van der Waals surface area contributed by atoms with Crippen LogP contribution >= 0.6 is 23.1 Å². The number of thiazole rings is 1. The molecule has 0 radical (unpaired) electrons. The lowest BCUT2D eigenvalue weighted by Crippen LogP contribution is -2.12. The first kappa shape index (κ1) is 14.4. The van der Waals surface area contributed by atoms with Crippen LogP contribution in [0, 0.1) is 0 Å². The van der Waals surface area contributed by atoms with Crippen LogP contribution in [0.1, 0.15) is 66.8 Å². The predicted molar refractivity (Wildman–Crippen MR) is 82.6 cm³/mol. The molecule has 1 aliphatic rings. The Morgan fingerprint density at radius 1 is 1.39 bits per heavy atom. The molecule has 1 N–H and O–H groups in total. The smallest absolute Gasteiger partial charge is 0.106 e. The van der Waals surface area contributed by atoms with Crippen molar-refractivity contribution < 1.29 is 0 Å². The Morgan fingerprint density at radius 3 is 2.83 bits per heavy atom. The average Bonchev–Trinajstić information content (AvgIpc) is 2.81. The van der Waals surface area contributed by atoms with Crippen molar-refractivity contribution in [2.24, 2.45) is 0 Å². The second kappa shape index (κ2) is 6.92. The summed E-state index contributed by atoms with van der Waals surface area (Å²) in [5.74, 6) is 1.85. The molecule has 1 atom stereocenters. The molecule has 0 aliphatic carbocycles. The molecule has 18 heavy (non-hydrogen) atoms. The molecule has 0 spiro atoms. The van der Waals surface area contributed by atoms with Crippen LogP contribution in [0.15, 0.2) is 0 Å². The van der Waals surface area contributed by atoms with E-state index in [4.69, 9.17) is 4.98 Å². The third kappa shape index (κ3) is 3.49. The number of rotatable bonds is 5. The summed E-state index contributed by atoms with van der Waals surface area (Å²) in [4.78, 5) is 6.40. The van der Waals surface area contributed by atoms with Crippen LogP contribution in [0.3, 0.4) is 0 Å². The van der Waals surface area contributed by atoms with Gasteiger partial charge in [0.1, 0.15) is 5.01 Å². The van der Waals surface area contributed by atoms with Crippen LogP contribution in [0.2, 0.25) is 0 Å². The number of nitrogens with zero attached hydrogens (tertiary/aromatic N) is 1. The fourth-order valence-electron chi connectivity index (χ4n) is 2.27. The summed E-state index contributed by atoms with van der Waals surface area (Å²) in [6.45, 7) is 8.68. The first-order chi connectivity index (χ1) is 8.72. The predicted octanol–water partition coefficient (Wildman–Crippen LogP) is 4.33. The van der Waals surface area contributed by atoms with Gasteiger partial charge in [0, 0.05) is 11.4 Å². The van der Waals surface area contributed by atoms with Crippen molar-refractivity contribution in [2.75, 3.05) is 12.3 Å². The molecule has 1 unspecified atom stereocenters. The van der Waals surface area contributed by atoms with E-state index in [0.717, 1.165) is 13.1 Å². The number of hydrogen-bond donors (Lipinski definition) is 1. The SMILES string of the molecule is CCNCc1sc(C2CCCCS2)nc1C(C)C. The van der Waals surface area contributed by atoms with E-state index >= 15 is 0 Å². The molecule has 2 heterocycles. The monoisotopic (exact) mass is 284 g/mol. The van der Waals surface area contributed by atoms with Gasteiger partial charge in [-0.1, -0.05) is 27.2 Å². The normalized spacial score (nSPS) is 20.6. The van der Waals surface area contributed by atoms with Gasteiger partial charge < -0.3 is 5.32 Å². The van der Waals surface area contributed by atoms with E-state index in [1.54, 1.807) is 0 Å². The minimum atomic E-state index is 0.539. The van der Waals surface area contributed by atoms with E-state index in [1.807, 2.05) is 11.3 Å². The molecule has 2 rings (SSSR count). The lowest BCUT2D eigenvalue weighted by atomic mass is 10.1. The molecule has 1 aromatic heterocycles. The summed E-state index contributed by atoms with van der Waals surface area (Å²) in [5, 5.41) is 5.47. The lowest BCUT2D eigenvalue weighted by Gasteiger charge is -2.18. The summed E-state index contributed by atoms with van der Waals surface area (Å²) < 4.78 is 0. The highest BCUT2D eigenvalue weighted by Gasteiger charge is 2.22. The standard InChI is InChI=1S/C14H24N2S2/c1-4-15-9-12-13(10(2)3)16-14(18-12)11-7-5-6-8-17-11/h10-11,15H,4-9H2,1-3H3. The van der Waals surface area contributed by atoms with Crippen molar-refractivity contribution in [3.8, 4) is 0 Å². The fraction of sp³-hybridized carbons (Fsp3) is 0.786. The summed E-state index contributed by atoms with van der Waals surface area (Å²) in [6, 6.07) is 0. The molecule has 0 aromatic carbocycles. The Bertz CT molecular complexity index is 368. The van der Waals surface area contributed by atoms with Crippen LogP contribution in [0.25, 0.3) is 0 Å². The highest BCUT2D eigenvalue weighted by Crippen LogP contribution is 2.41. The van der Waals surface area contributed by atoms with Crippen molar-refractivity contribution in [3.05, 3.63) is 15.6 Å². The average molecular weight is 284 g/mol. The van der Waals surface area contributed by atoms with Gasteiger partial charge in [0.2, 0.25) is 0 Å². The van der Waals surface area contributed by atoms with E-state index in [1.165, 1.54) is 40.6 Å². The second-order valence-electron chi connectivity index (χ2n) is 5.15. The zero-order chi connectivity index (χ0) is 13.0. The third-order valence-corrected chi connectivity index (χ3v) is 6.00. The first-order valence-electron chi connectivity index (χ1n) is 7.04. The maximum atomic E-state index is 4.94. The molecule has 0 bridgehead atoms. The van der Waals surface area contributed by atoms with Gasteiger partial charge in [0.05, 0.1) is 10.9 Å².